The molecule has 50 valence electrons. The minimum Gasteiger partial charge on any atom is -0.307 e. The van der Waals surface area contributed by atoms with E-state index < -0.39 is 0 Å². The van der Waals surface area contributed by atoms with E-state index in [1.165, 1.54) is 6.21 Å². The topological polar surface area (TPSA) is 36.2 Å². The Bertz CT molecular complexity index is 134. The zero-order chi connectivity index (χ0) is 7.11. The number of aliphatic imine (C=N–C) groups is 1. The van der Waals surface area contributed by atoms with Crippen molar-refractivity contribution in [3.63, 3.8) is 0 Å². The lowest BCUT2D eigenvalue weighted by molar-refractivity contribution is 1.23. The number of hydrogen-bond donors (Lipinski definition) is 1. The van der Waals surface area contributed by atoms with Crippen molar-refractivity contribution in [2.45, 2.75) is 13.3 Å². The van der Waals surface area contributed by atoms with Gasteiger partial charge in [0.05, 0.1) is 5.71 Å². The van der Waals surface area contributed by atoms with Gasteiger partial charge in [0.2, 0.25) is 0 Å². The molecule has 0 rings (SSSR count). The quantitative estimate of drug-likeness (QED) is 0.556. The van der Waals surface area contributed by atoms with Gasteiger partial charge in [0.1, 0.15) is 0 Å². The molecule has 0 aromatic rings. The summed E-state index contributed by atoms with van der Waals surface area (Å²) in [6.45, 7) is 2.05. The highest BCUT2D eigenvalue weighted by Crippen LogP contribution is 1.81. The normalized spacial score (nSPS) is 12.4. The molecule has 0 saturated carbocycles. The van der Waals surface area contributed by atoms with Gasteiger partial charge in [0.25, 0.3) is 0 Å². The second-order valence-electron chi connectivity index (χ2n) is 1.60. The van der Waals surface area contributed by atoms with Gasteiger partial charge in [0, 0.05) is 13.3 Å². The summed E-state index contributed by atoms with van der Waals surface area (Å²) in [5.74, 6) is 0. The first kappa shape index (κ1) is 8.08. The molecule has 2 nitrogen and oxygen atoms in total. The Morgan fingerprint density at radius 3 is 2.67 bits per heavy atom. The van der Waals surface area contributed by atoms with Crippen LogP contribution in [0.25, 0.3) is 0 Å². The number of allylic oxidation sites excluding steroid dienone is 2. The summed E-state index contributed by atoms with van der Waals surface area (Å²) in [5, 5.41) is 6.83. The molecule has 0 aliphatic rings. The second-order valence-corrected chi connectivity index (χ2v) is 1.60. The van der Waals surface area contributed by atoms with Crippen LogP contribution in [0.1, 0.15) is 13.3 Å². The first-order valence-corrected chi connectivity index (χ1v) is 2.99. The van der Waals surface area contributed by atoms with Crippen molar-refractivity contribution in [1.29, 1.82) is 5.41 Å². The number of hydrogen-bond acceptors (Lipinski definition) is 2. The molecule has 0 saturated heterocycles. The standard InChI is InChI=1S/C7H12N2/c1-3-4-5-7(6-8)9-2/h4-6,8H,3H2,1-2H3/b5-4-,8-6?,9-7?. The fraction of sp³-hybridized carbons (Fsp3) is 0.429. The first-order valence-electron chi connectivity index (χ1n) is 2.99. The zero-order valence-corrected chi connectivity index (χ0v) is 5.89. The minimum atomic E-state index is 0.719. The highest BCUT2D eigenvalue weighted by atomic mass is 14.7. The highest BCUT2D eigenvalue weighted by Gasteiger charge is 1.80. The van der Waals surface area contributed by atoms with E-state index in [0.717, 1.165) is 12.1 Å². The highest BCUT2D eigenvalue weighted by molar-refractivity contribution is 6.34. The van der Waals surface area contributed by atoms with Gasteiger partial charge >= 0.3 is 0 Å². The molecule has 0 aliphatic carbocycles. The maximum Gasteiger partial charge on any atom is 0.0743 e. The molecule has 0 fully saturated rings. The Kier molecular flexibility index (Phi) is 4.69. The molecular weight excluding hydrogens is 112 g/mol. The average molecular weight is 124 g/mol. The third kappa shape index (κ3) is 3.64. The van der Waals surface area contributed by atoms with E-state index in [4.69, 9.17) is 5.41 Å². The van der Waals surface area contributed by atoms with Crippen LogP contribution in [-0.4, -0.2) is 19.0 Å². The molecule has 0 aromatic carbocycles. The van der Waals surface area contributed by atoms with Gasteiger partial charge in [-0.05, 0) is 12.5 Å². The zero-order valence-electron chi connectivity index (χ0n) is 5.89. The largest absolute Gasteiger partial charge is 0.307 e. The van der Waals surface area contributed by atoms with E-state index in [1.54, 1.807) is 7.05 Å². The fourth-order valence-corrected chi connectivity index (χ4v) is 0.426. The van der Waals surface area contributed by atoms with Crippen molar-refractivity contribution in [1.82, 2.24) is 0 Å². The molecular formula is C7H12N2. The van der Waals surface area contributed by atoms with Crippen molar-refractivity contribution in [2.75, 3.05) is 7.05 Å². The maximum absolute atomic E-state index is 6.83. The lowest BCUT2D eigenvalue weighted by atomic mass is 10.3. The summed E-state index contributed by atoms with van der Waals surface area (Å²) < 4.78 is 0. The van der Waals surface area contributed by atoms with Gasteiger partial charge in [-0.1, -0.05) is 13.0 Å². The summed E-state index contributed by atoms with van der Waals surface area (Å²) in [6.07, 6.45) is 6.05. The first-order chi connectivity index (χ1) is 4.35. The van der Waals surface area contributed by atoms with Crippen molar-refractivity contribution < 1.29 is 0 Å². The molecule has 9 heavy (non-hydrogen) atoms. The predicted octanol–water partition coefficient (Wildman–Crippen LogP) is 1.67. The van der Waals surface area contributed by atoms with Crippen molar-refractivity contribution in [3.05, 3.63) is 12.2 Å². The number of rotatable bonds is 3. The molecule has 0 bridgehead atoms. The third-order valence-corrected chi connectivity index (χ3v) is 0.930. The van der Waals surface area contributed by atoms with Crippen LogP contribution in [0.3, 0.4) is 0 Å². The third-order valence-electron chi connectivity index (χ3n) is 0.930. The smallest absolute Gasteiger partial charge is 0.0743 e. The maximum atomic E-state index is 6.83. The van der Waals surface area contributed by atoms with Crippen molar-refractivity contribution in [2.24, 2.45) is 4.99 Å². The van der Waals surface area contributed by atoms with Crippen molar-refractivity contribution >= 4 is 11.9 Å². The summed E-state index contributed by atoms with van der Waals surface area (Å²) >= 11 is 0. The van der Waals surface area contributed by atoms with E-state index in [0.29, 0.717) is 0 Å². The molecule has 0 radical (unpaired) electrons. The lowest BCUT2D eigenvalue weighted by Crippen LogP contribution is -1.91. The number of nitrogens with zero attached hydrogens (tertiary/aromatic N) is 1. The van der Waals surface area contributed by atoms with Gasteiger partial charge in [0.15, 0.2) is 0 Å². The average Bonchev–Trinajstić information content (AvgIpc) is 1.91. The van der Waals surface area contributed by atoms with Crippen LogP contribution >= 0.6 is 0 Å². The molecule has 2 heteroatoms. The van der Waals surface area contributed by atoms with Crippen LogP contribution in [0, 0.1) is 5.41 Å². The molecule has 0 amide bonds. The monoisotopic (exact) mass is 124 g/mol. The molecule has 0 aromatic heterocycles. The molecule has 0 heterocycles. The van der Waals surface area contributed by atoms with Crippen LogP contribution in [-0.2, 0) is 0 Å². The summed E-state index contributed by atoms with van der Waals surface area (Å²) in [6, 6.07) is 0. The molecule has 0 atom stereocenters. The van der Waals surface area contributed by atoms with Crippen LogP contribution in [0.5, 0.6) is 0 Å². The predicted molar refractivity (Wildman–Crippen MR) is 41.6 cm³/mol. The summed E-state index contributed by atoms with van der Waals surface area (Å²) in [5.41, 5.74) is 0.719. The molecule has 0 aliphatic heterocycles. The number of nitrogens with one attached hydrogen (secondary N) is 1. The lowest BCUT2D eigenvalue weighted by Gasteiger charge is -1.84. The van der Waals surface area contributed by atoms with Crippen LogP contribution in [0.4, 0.5) is 0 Å². The van der Waals surface area contributed by atoms with Crippen molar-refractivity contribution in [3.8, 4) is 0 Å². The van der Waals surface area contributed by atoms with Crippen LogP contribution in [0.2, 0.25) is 0 Å². The molecule has 1 N–H and O–H groups in total. The second kappa shape index (κ2) is 5.22. The van der Waals surface area contributed by atoms with E-state index in [-0.39, 0.29) is 0 Å². The summed E-state index contributed by atoms with van der Waals surface area (Å²) in [4.78, 5) is 3.83. The fourth-order valence-electron chi connectivity index (χ4n) is 0.426. The van der Waals surface area contributed by atoms with E-state index in [1.807, 2.05) is 19.1 Å². The Labute approximate surface area is 55.8 Å². The Morgan fingerprint density at radius 2 is 2.33 bits per heavy atom. The van der Waals surface area contributed by atoms with E-state index >= 15 is 0 Å². The molecule has 0 spiro atoms. The minimum absolute atomic E-state index is 0.719. The van der Waals surface area contributed by atoms with E-state index in [2.05, 4.69) is 4.99 Å². The molecule has 0 unspecified atom stereocenters. The van der Waals surface area contributed by atoms with Gasteiger partial charge in [-0.25, -0.2) is 0 Å². The van der Waals surface area contributed by atoms with Gasteiger partial charge in [-0.15, -0.1) is 0 Å². The van der Waals surface area contributed by atoms with Gasteiger partial charge < -0.3 is 5.41 Å². The van der Waals surface area contributed by atoms with Gasteiger partial charge in [-0.2, -0.15) is 0 Å². The van der Waals surface area contributed by atoms with Gasteiger partial charge in [-0.3, -0.25) is 4.99 Å². The Morgan fingerprint density at radius 1 is 1.67 bits per heavy atom. The Balaban J connectivity index is 3.84. The Hall–Kier alpha value is -0.920. The SMILES string of the molecule is CC/C=C\C(C=N)=NC. The van der Waals surface area contributed by atoms with E-state index in [9.17, 15) is 0 Å². The van der Waals surface area contributed by atoms with Crippen LogP contribution < -0.4 is 0 Å². The summed E-state index contributed by atoms with van der Waals surface area (Å²) in [7, 11) is 1.68. The van der Waals surface area contributed by atoms with Crippen LogP contribution in [0.15, 0.2) is 17.1 Å².